The molecule has 13 heavy (non-hydrogen) atoms. The third kappa shape index (κ3) is 2.29. The smallest absolute Gasteiger partial charge is 0.209 e. The molecule has 1 aromatic rings. The Morgan fingerprint density at radius 2 is 2.31 bits per heavy atom. The van der Waals surface area contributed by atoms with Crippen LogP contribution in [0, 0.1) is 5.92 Å². The summed E-state index contributed by atoms with van der Waals surface area (Å²) in [5.74, 6) is 1.54. The molecule has 0 aromatic carbocycles. The van der Waals surface area contributed by atoms with E-state index in [-0.39, 0.29) is 0 Å². The Morgan fingerprint density at radius 1 is 1.46 bits per heavy atom. The minimum atomic E-state index is 0.674. The van der Waals surface area contributed by atoms with Crippen LogP contribution in [0.5, 0.6) is 0 Å². The Labute approximate surface area is 91.1 Å². The van der Waals surface area contributed by atoms with Crippen LogP contribution in [0.25, 0.3) is 0 Å². The summed E-state index contributed by atoms with van der Waals surface area (Å²) in [5.41, 5.74) is 0. The van der Waals surface area contributed by atoms with Gasteiger partial charge in [0.2, 0.25) is 4.73 Å². The molecule has 1 aliphatic rings. The molecule has 0 N–H and O–H groups in total. The maximum atomic E-state index is 4.39. The molecule has 0 aliphatic heterocycles. The SMILES string of the molecule is CC1CCCC(c2nc(Br)ns2)C1. The molecule has 0 saturated heterocycles. The highest BCUT2D eigenvalue weighted by Gasteiger charge is 2.23. The van der Waals surface area contributed by atoms with Gasteiger partial charge in [-0.25, -0.2) is 4.98 Å². The molecule has 0 amide bonds. The molecule has 2 unspecified atom stereocenters. The van der Waals surface area contributed by atoms with E-state index in [2.05, 4.69) is 32.2 Å². The molecule has 2 atom stereocenters. The molecular formula is C9H13BrN2S. The summed E-state index contributed by atoms with van der Waals surface area (Å²) in [6, 6.07) is 0. The van der Waals surface area contributed by atoms with Crippen LogP contribution in [-0.4, -0.2) is 9.36 Å². The number of nitrogens with zero attached hydrogens (tertiary/aromatic N) is 2. The molecule has 72 valence electrons. The fourth-order valence-corrected chi connectivity index (χ4v) is 3.27. The molecular weight excluding hydrogens is 248 g/mol. The minimum Gasteiger partial charge on any atom is -0.214 e. The highest BCUT2D eigenvalue weighted by Crippen LogP contribution is 2.36. The van der Waals surface area contributed by atoms with Gasteiger partial charge >= 0.3 is 0 Å². The Kier molecular flexibility index (Phi) is 2.99. The fourth-order valence-electron chi connectivity index (χ4n) is 2.04. The van der Waals surface area contributed by atoms with Crippen LogP contribution in [0.4, 0.5) is 0 Å². The van der Waals surface area contributed by atoms with Crippen LogP contribution in [0.1, 0.15) is 43.5 Å². The lowest BCUT2D eigenvalue weighted by Gasteiger charge is -2.24. The number of rotatable bonds is 1. The van der Waals surface area contributed by atoms with Gasteiger partial charge in [-0.15, -0.1) is 0 Å². The summed E-state index contributed by atoms with van der Waals surface area (Å²) in [6.07, 6.45) is 5.33. The van der Waals surface area contributed by atoms with E-state index in [0.29, 0.717) is 5.92 Å². The largest absolute Gasteiger partial charge is 0.214 e. The molecule has 1 aromatic heterocycles. The van der Waals surface area contributed by atoms with Gasteiger partial charge in [-0.05, 0) is 46.2 Å². The lowest BCUT2D eigenvalue weighted by Crippen LogP contribution is -2.11. The third-order valence-electron chi connectivity index (χ3n) is 2.70. The van der Waals surface area contributed by atoms with E-state index >= 15 is 0 Å². The van der Waals surface area contributed by atoms with Gasteiger partial charge in [0.1, 0.15) is 5.01 Å². The Hall–Kier alpha value is 0.0400. The topological polar surface area (TPSA) is 25.8 Å². The molecule has 1 aliphatic carbocycles. The van der Waals surface area contributed by atoms with Gasteiger partial charge in [0.15, 0.2) is 0 Å². The molecule has 2 nitrogen and oxygen atoms in total. The second kappa shape index (κ2) is 4.05. The maximum absolute atomic E-state index is 4.39. The number of hydrogen-bond donors (Lipinski definition) is 0. The Morgan fingerprint density at radius 3 is 2.92 bits per heavy atom. The monoisotopic (exact) mass is 260 g/mol. The van der Waals surface area contributed by atoms with Crippen LogP contribution in [-0.2, 0) is 0 Å². The number of hydrogen-bond acceptors (Lipinski definition) is 3. The van der Waals surface area contributed by atoms with Crippen molar-refractivity contribution in [1.82, 2.24) is 9.36 Å². The molecule has 4 heteroatoms. The highest BCUT2D eigenvalue weighted by atomic mass is 79.9. The Balaban J connectivity index is 2.08. The highest BCUT2D eigenvalue weighted by molar-refractivity contribution is 9.10. The minimum absolute atomic E-state index is 0.674. The number of halogens is 1. The average Bonchev–Trinajstić information content (AvgIpc) is 2.52. The van der Waals surface area contributed by atoms with Gasteiger partial charge in [0, 0.05) is 5.92 Å². The normalized spacial score (nSPS) is 29.1. The summed E-state index contributed by atoms with van der Waals surface area (Å²) in [5, 5.41) is 1.22. The van der Waals surface area contributed by atoms with Crippen LogP contribution >= 0.6 is 27.5 Å². The summed E-state index contributed by atoms with van der Waals surface area (Å²) in [4.78, 5) is 4.39. The van der Waals surface area contributed by atoms with E-state index in [9.17, 15) is 0 Å². The fraction of sp³-hybridized carbons (Fsp3) is 0.778. The van der Waals surface area contributed by atoms with Crippen molar-refractivity contribution < 1.29 is 0 Å². The number of aromatic nitrogens is 2. The van der Waals surface area contributed by atoms with Crippen molar-refractivity contribution in [3.63, 3.8) is 0 Å². The second-order valence-electron chi connectivity index (χ2n) is 3.87. The predicted octanol–water partition coefficient (Wildman–Crippen LogP) is 3.59. The molecule has 2 rings (SSSR count). The maximum Gasteiger partial charge on any atom is 0.209 e. The van der Waals surface area contributed by atoms with Gasteiger partial charge in [0.05, 0.1) is 0 Å². The molecule has 1 saturated carbocycles. The van der Waals surface area contributed by atoms with Crippen molar-refractivity contribution >= 4 is 27.5 Å². The van der Waals surface area contributed by atoms with Crippen molar-refractivity contribution in [2.24, 2.45) is 5.92 Å². The lowest BCUT2D eigenvalue weighted by molar-refractivity contribution is 0.343. The van der Waals surface area contributed by atoms with Crippen LogP contribution in [0.3, 0.4) is 0 Å². The zero-order valence-corrected chi connectivity index (χ0v) is 10.1. The van der Waals surface area contributed by atoms with Crippen molar-refractivity contribution in [3.05, 3.63) is 9.74 Å². The lowest BCUT2D eigenvalue weighted by atomic mass is 9.83. The second-order valence-corrected chi connectivity index (χ2v) is 5.36. The quantitative estimate of drug-likeness (QED) is 0.772. The third-order valence-corrected chi connectivity index (χ3v) is 4.17. The molecule has 1 heterocycles. The molecule has 1 fully saturated rings. The summed E-state index contributed by atoms with van der Waals surface area (Å²) < 4.78 is 4.92. The van der Waals surface area contributed by atoms with Crippen LogP contribution < -0.4 is 0 Å². The summed E-state index contributed by atoms with van der Waals surface area (Å²) >= 11 is 4.85. The molecule has 0 radical (unpaired) electrons. The van der Waals surface area contributed by atoms with Gasteiger partial charge in [-0.3, -0.25) is 0 Å². The van der Waals surface area contributed by atoms with Gasteiger partial charge in [0.25, 0.3) is 0 Å². The van der Waals surface area contributed by atoms with E-state index in [1.807, 2.05) is 0 Å². The van der Waals surface area contributed by atoms with E-state index in [1.165, 1.54) is 30.7 Å². The average molecular weight is 261 g/mol. The van der Waals surface area contributed by atoms with Crippen LogP contribution in [0.15, 0.2) is 4.73 Å². The standard InChI is InChI=1S/C9H13BrN2S/c1-6-3-2-4-7(5-6)8-11-9(10)12-13-8/h6-7H,2-5H2,1H3. The first-order valence-electron chi connectivity index (χ1n) is 4.75. The van der Waals surface area contributed by atoms with Gasteiger partial charge < -0.3 is 0 Å². The summed E-state index contributed by atoms with van der Waals surface area (Å²) in [7, 11) is 0. The predicted molar refractivity (Wildman–Crippen MR) is 58.0 cm³/mol. The zero-order valence-electron chi connectivity index (χ0n) is 7.66. The zero-order chi connectivity index (χ0) is 9.26. The van der Waals surface area contributed by atoms with Crippen molar-refractivity contribution in [2.75, 3.05) is 0 Å². The molecule has 0 spiro atoms. The van der Waals surface area contributed by atoms with E-state index in [1.54, 1.807) is 11.5 Å². The van der Waals surface area contributed by atoms with E-state index < -0.39 is 0 Å². The molecule has 0 bridgehead atoms. The van der Waals surface area contributed by atoms with Gasteiger partial charge in [-0.1, -0.05) is 19.8 Å². The van der Waals surface area contributed by atoms with Gasteiger partial charge in [-0.2, -0.15) is 4.37 Å². The first kappa shape index (κ1) is 9.59. The van der Waals surface area contributed by atoms with E-state index in [4.69, 9.17) is 0 Å². The van der Waals surface area contributed by atoms with E-state index in [0.717, 1.165) is 10.7 Å². The van der Waals surface area contributed by atoms with Crippen molar-refractivity contribution in [2.45, 2.75) is 38.5 Å². The Bertz CT molecular complexity index is 287. The van der Waals surface area contributed by atoms with Crippen LogP contribution in [0.2, 0.25) is 0 Å². The van der Waals surface area contributed by atoms with Crippen molar-refractivity contribution in [3.8, 4) is 0 Å². The summed E-state index contributed by atoms with van der Waals surface area (Å²) in [6.45, 7) is 2.34. The first-order valence-corrected chi connectivity index (χ1v) is 6.31. The van der Waals surface area contributed by atoms with Crippen molar-refractivity contribution in [1.29, 1.82) is 0 Å². The first-order chi connectivity index (χ1) is 6.25.